The van der Waals surface area contributed by atoms with Crippen molar-refractivity contribution < 1.29 is 28.6 Å². The fraction of sp³-hybridized carbons (Fsp3) is 0.125. The lowest BCUT2D eigenvalue weighted by Crippen LogP contribution is -2.20. The van der Waals surface area contributed by atoms with Gasteiger partial charge in [0.1, 0.15) is 11.5 Å². The van der Waals surface area contributed by atoms with Gasteiger partial charge < -0.3 is 24.8 Å². The van der Waals surface area contributed by atoms with E-state index in [9.17, 15) is 14.4 Å². The number of ether oxygens (including phenoxy) is 3. The fourth-order valence-electron chi connectivity index (χ4n) is 2.82. The van der Waals surface area contributed by atoms with Gasteiger partial charge in [0.15, 0.2) is 6.61 Å². The van der Waals surface area contributed by atoms with Crippen LogP contribution < -0.4 is 20.1 Å². The molecule has 8 nitrogen and oxygen atoms in total. The van der Waals surface area contributed by atoms with Gasteiger partial charge in [-0.25, -0.2) is 4.79 Å². The lowest BCUT2D eigenvalue weighted by atomic mass is 10.2. The number of nitrogens with one attached hydrogen (secondary N) is 2. The third-order valence-electron chi connectivity index (χ3n) is 4.42. The number of rotatable bonds is 8. The van der Waals surface area contributed by atoms with Crippen molar-refractivity contribution in [3.05, 3.63) is 83.9 Å². The molecule has 3 aromatic rings. The van der Waals surface area contributed by atoms with Crippen molar-refractivity contribution in [3.63, 3.8) is 0 Å². The molecule has 0 spiro atoms. The number of hydrogen-bond acceptors (Lipinski definition) is 6. The van der Waals surface area contributed by atoms with E-state index in [1.54, 1.807) is 72.8 Å². The van der Waals surface area contributed by atoms with E-state index in [1.807, 2.05) is 0 Å². The van der Waals surface area contributed by atoms with Gasteiger partial charge in [0, 0.05) is 11.4 Å². The van der Waals surface area contributed by atoms with E-state index < -0.39 is 5.97 Å². The maximum Gasteiger partial charge on any atom is 0.337 e. The Kier molecular flexibility index (Phi) is 7.42. The molecule has 0 heterocycles. The van der Waals surface area contributed by atoms with E-state index in [2.05, 4.69) is 15.4 Å². The largest absolute Gasteiger partial charge is 0.496 e. The van der Waals surface area contributed by atoms with E-state index in [1.165, 1.54) is 14.2 Å². The molecular weight excluding hydrogens is 412 g/mol. The Hall–Kier alpha value is -4.33. The molecule has 0 aliphatic carbocycles. The Balaban J connectivity index is 1.50. The number of hydrogen-bond donors (Lipinski definition) is 2. The van der Waals surface area contributed by atoms with Crippen LogP contribution in [-0.2, 0) is 9.53 Å². The highest BCUT2D eigenvalue weighted by molar-refractivity contribution is 6.06. The third-order valence-corrected chi connectivity index (χ3v) is 4.42. The van der Waals surface area contributed by atoms with Crippen LogP contribution in [0, 0.1) is 0 Å². The maximum absolute atomic E-state index is 12.4. The SMILES string of the molecule is COC(=O)c1ccc(NC(=O)COc2ccc(NC(=O)c3ccccc3OC)cc2)cc1. The molecule has 0 fully saturated rings. The highest BCUT2D eigenvalue weighted by Crippen LogP contribution is 2.21. The second-order valence-electron chi connectivity index (χ2n) is 6.58. The van der Waals surface area contributed by atoms with Crippen LogP contribution in [0.3, 0.4) is 0 Å². The summed E-state index contributed by atoms with van der Waals surface area (Å²) in [6.07, 6.45) is 0. The van der Waals surface area contributed by atoms with Crippen LogP contribution in [-0.4, -0.2) is 38.6 Å². The van der Waals surface area contributed by atoms with Crippen LogP contribution >= 0.6 is 0 Å². The second kappa shape index (κ2) is 10.6. The quantitative estimate of drug-likeness (QED) is 0.524. The van der Waals surface area contributed by atoms with Crippen molar-refractivity contribution >= 4 is 29.2 Å². The number of benzene rings is 3. The molecule has 32 heavy (non-hydrogen) atoms. The van der Waals surface area contributed by atoms with Crippen molar-refractivity contribution in [2.45, 2.75) is 0 Å². The molecule has 0 saturated heterocycles. The zero-order valence-electron chi connectivity index (χ0n) is 17.6. The van der Waals surface area contributed by atoms with Gasteiger partial charge in [0.2, 0.25) is 0 Å². The smallest absolute Gasteiger partial charge is 0.337 e. The van der Waals surface area contributed by atoms with Gasteiger partial charge in [-0.3, -0.25) is 9.59 Å². The van der Waals surface area contributed by atoms with Gasteiger partial charge in [0.25, 0.3) is 11.8 Å². The molecule has 0 aromatic heterocycles. The molecule has 0 atom stereocenters. The van der Waals surface area contributed by atoms with Crippen LogP contribution in [0.1, 0.15) is 20.7 Å². The predicted octanol–water partition coefficient (Wildman–Crippen LogP) is 3.75. The van der Waals surface area contributed by atoms with E-state index in [0.717, 1.165) is 0 Å². The Labute approximate surface area is 185 Å². The average Bonchev–Trinajstić information content (AvgIpc) is 2.83. The van der Waals surface area contributed by atoms with Crippen LogP contribution in [0.4, 0.5) is 11.4 Å². The molecule has 0 saturated carbocycles. The van der Waals surface area contributed by atoms with Crippen molar-refractivity contribution in [1.29, 1.82) is 0 Å². The summed E-state index contributed by atoms with van der Waals surface area (Å²) in [5, 5.41) is 5.47. The van der Waals surface area contributed by atoms with Crippen LogP contribution in [0.2, 0.25) is 0 Å². The first-order chi connectivity index (χ1) is 15.5. The Morgan fingerprint density at radius 1 is 0.781 bits per heavy atom. The Morgan fingerprint density at radius 2 is 1.41 bits per heavy atom. The molecule has 0 unspecified atom stereocenters. The first kappa shape index (κ1) is 22.4. The molecule has 0 radical (unpaired) electrons. The average molecular weight is 434 g/mol. The lowest BCUT2D eigenvalue weighted by molar-refractivity contribution is -0.118. The zero-order chi connectivity index (χ0) is 22.9. The molecule has 0 aliphatic rings. The summed E-state index contributed by atoms with van der Waals surface area (Å²) in [6.45, 7) is -0.203. The van der Waals surface area contributed by atoms with Crippen molar-refractivity contribution in [2.75, 3.05) is 31.5 Å². The number of carbonyl (C=O) groups is 3. The molecule has 0 bridgehead atoms. The first-order valence-electron chi connectivity index (χ1n) is 9.65. The standard InChI is InChI=1S/C24H22N2O6/c1-30-21-6-4-3-5-20(21)23(28)26-18-11-13-19(14-12-18)32-15-22(27)25-17-9-7-16(8-10-17)24(29)31-2/h3-14H,15H2,1-2H3,(H,25,27)(H,26,28). The molecule has 3 rings (SSSR count). The highest BCUT2D eigenvalue weighted by Gasteiger charge is 2.12. The van der Waals surface area contributed by atoms with E-state index in [-0.39, 0.29) is 18.4 Å². The summed E-state index contributed by atoms with van der Waals surface area (Å²) in [6, 6.07) is 19.9. The van der Waals surface area contributed by atoms with Gasteiger partial charge >= 0.3 is 5.97 Å². The minimum atomic E-state index is -0.450. The lowest BCUT2D eigenvalue weighted by Gasteiger charge is -2.10. The number of methoxy groups -OCH3 is 2. The predicted molar refractivity (Wildman–Crippen MR) is 119 cm³/mol. The maximum atomic E-state index is 12.4. The number of carbonyl (C=O) groups excluding carboxylic acids is 3. The van der Waals surface area contributed by atoms with Gasteiger partial charge in [-0.1, -0.05) is 12.1 Å². The molecular formula is C24H22N2O6. The molecule has 3 aromatic carbocycles. The zero-order valence-corrected chi connectivity index (χ0v) is 17.6. The van der Waals surface area contributed by atoms with Gasteiger partial charge in [0.05, 0.1) is 25.3 Å². The Bertz CT molecular complexity index is 1090. The Morgan fingerprint density at radius 3 is 2.06 bits per heavy atom. The summed E-state index contributed by atoms with van der Waals surface area (Å²) in [7, 11) is 2.81. The molecule has 0 aliphatic heterocycles. The summed E-state index contributed by atoms with van der Waals surface area (Å²) in [5.41, 5.74) is 1.91. The van der Waals surface area contributed by atoms with Crippen LogP contribution in [0.15, 0.2) is 72.8 Å². The number of para-hydroxylation sites is 1. The van der Waals surface area contributed by atoms with E-state index in [4.69, 9.17) is 9.47 Å². The van der Waals surface area contributed by atoms with E-state index in [0.29, 0.717) is 34.0 Å². The number of anilines is 2. The highest BCUT2D eigenvalue weighted by atomic mass is 16.5. The molecule has 2 N–H and O–H groups in total. The van der Waals surface area contributed by atoms with Crippen LogP contribution in [0.25, 0.3) is 0 Å². The second-order valence-corrected chi connectivity index (χ2v) is 6.58. The summed E-state index contributed by atoms with van der Waals surface area (Å²) in [4.78, 5) is 36.0. The monoisotopic (exact) mass is 434 g/mol. The summed E-state index contributed by atoms with van der Waals surface area (Å²) < 4.78 is 15.3. The van der Waals surface area contributed by atoms with Gasteiger partial charge in [-0.05, 0) is 60.7 Å². The topological polar surface area (TPSA) is 103 Å². The van der Waals surface area contributed by atoms with Crippen molar-refractivity contribution in [2.24, 2.45) is 0 Å². The summed E-state index contributed by atoms with van der Waals surface area (Å²) >= 11 is 0. The fourth-order valence-corrected chi connectivity index (χ4v) is 2.82. The molecule has 8 heteroatoms. The molecule has 2 amide bonds. The summed E-state index contributed by atoms with van der Waals surface area (Å²) in [5.74, 6) is -0.154. The van der Waals surface area contributed by atoms with Gasteiger partial charge in [-0.15, -0.1) is 0 Å². The van der Waals surface area contributed by atoms with Gasteiger partial charge in [-0.2, -0.15) is 0 Å². The van der Waals surface area contributed by atoms with E-state index >= 15 is 0 Å². The first-order valence-corrected chi connectivity index (χ1v) is 9.65. The minimum absolute atomic E-state index is 0.203. The molecule has 164 valence electrons. The number of amides is 2. The van der Waals surface area contributed by atoms with Crippen LogP contribution in [0.5, 0.6) is 11.5 Å². The minimum Gasteiger partial charge on any atom is -0.496 e. The van der Waals surface area contributed by atoms with Crippen molar-refractivity contribution in [1.82, 2.24) is 0 Å². The normalized spacial score (nSPS) is 10.1. The van der Waals surface area contributed by atoms with Crippen molar-refractivity contribution in [3.8, 4) is 11.5 Å². The number of esters is 1. The third kappa shape index (κ3) is 5.85.